The molecule has 26 heavy (non-hydrogen) atoms. The number of hydrogen-bond acceptors (Lipinski definition) is 3. The zero-order valence-electron chi connectivity index (χ0n) is 16.8. The molecule has 1 heterocycles. The maximum absolute atomic E-state index is 13.6. The van der Waals surface area contributed by atoms with Gasteiger partial charge in [-0.3, -0.25) is 9.69 Å². The van der Waals surface area contributed by atoms with Crippen molar-refractivity contribution in [3.8, 4) is 0 Å². The van der Waals surface area contributed by atoms with Crippen LogP contribution in [0.2, 0.25) is 0 Å². The average Bonchev–Trinajstić information content (AvgIpc) is 2.95. The molecule has 3 fully saturated rings. The number of amides is 3. The molecule has 0 bridgehead atoms. The number of carbonyl (C=O) groups is 2. The Morgan fingerprint density at radius 1 is 0.923 bits per heavy atom. The third kappa shape index (κ3) is 3.64. The first-order chi connectivity index (χ1) is 12.6. The second kappa shape index (κ2) is 8.73. The van der Waals surface area contributed by atoms with Crippen LogP contribution in [0.4, 0.5) is 4.79 Å². The molecule has 3 aliphatic rings. The van der Waals surface area contributed by atoms with Gasteiger partial charge >= 0.3 is 6.03 Å². The zero-order valence-corrected chi connectivity index (χ0v) is 16.8. The molecule has 3 rings (SSSR count). The van der Waals surface area contributed by atoms with E-state index in [0.717, 1.165) is 45.3 Å². The van der Waals surface area contributed by atoms with Crippen LogP contribution in [-0.2, 0) is 4.79 Å². The number of rotatable bonds is 7. The van der Waals surface area contributed by atoms with E-state index in [-0.39, 0.29) is 11.9 Å². The molecule has 2 aliphatic carbocycles. The smallest absolute Gasteiger partial charge is 0.323 e. The SMILES string of the molecule is CCN(CC)CCN1C(=O)NC(C2CCCCC2)(C2CCCCC2)C1=O. The van der Waals surface area contributed by atoms with Gasteiger partial charge in [-0.15, -0.1) is 0 Å². The van der Waals surface area contributed by atoms with Crippen LogP contribution in [0, 0.1) is 11.8 Å². The van der Waals surface area contributed by atoms with Crippen molar-refractivity contribution in [2.24, 2.45) is 11.8 Å². The van der Waals surface area contributed by atoms with E-state index in [1.807, 2.05) is 0 Å². The van der Waals surface area contributed by atoms with Crippen LogP contribution in [0.25, 0.3) is 0 Å². The van der Waals surface area contributed by atoms with E-state index < -0.39 is 5.54 Å². The maximum atomic E-state index is 13.6. The third-order valence-electron chi connectivity index (χ3n) is 7.19. The van der Waals surface area contributed by atoms with Crippen LogP contribution in [-0.4, -0.2) is 53.5 Å². The molecule has 0 spiro atoms. The van der Waals surface area contributed by atoms with Crippen LogP contribution >= 0.6 is 0 Å². The Morgan fingerprint density at radius 2 is 1.42 bits per heavy atom. The van der Waals surface area contributed by atoms with E-state index in [0.29, 0.717) is 18.4 Å². The fourth-order valence-electron chi connectivity index (χ4n) is 5.60. The lowest BCUT2D eigenvalue weighted by Gasteiger charge is -2.44. The van der Waals surface area contributed by atoms with E-state index in [1.165, 1.54) is 38.5 Å². The minimum atomic E-state index is -0.610. The van der Waals surface area contributed by atoms with Gasteiger partial charge in [-0.25, -0.2) is 4.79 Å². The van der Waals surface area contributed by atoms with Crippen molar-refractivity contribution in [3.05, 3.63) is 0 Å². The molecule has 148 valence electrons. The Bertz CT molecular complexity index is 473. The van der Waals surface area contributed by atoms with Crippen molar-refractivity contribution < 1.29 is 9.59 Å². The summed E-state index contributed by atoms with van der Waals surface area (Å²) in [6.07, 6.45) is 11.7. The first-order valence-electron chi connectivity index (χ1n) is 11.0. The number of carbonyl (C=O) groups excluding carboxylic acids is 2. The molecule has 1 aliphatic heterocycles. The molecule has 0 radical (unpaired) electrons. The Kier molecular flexibility index (Phi) is 6.60. The molecule has 5 heteroatoms. The summed E-state index contributed by atoms with van der Waals surface area (Å²) in [5, 5.41) is 3.29. The molecule has 0 aromatic rings. The molecule has 1 saturated heterocycles. The minimum Gasteiger partial charge on any atom is -0.323 e. The van der Waals surface area contributed by atoms with E-state index in [4.69, 9.17) is 0 Å². The zero-order chi connectivity index (χ0) is 18.6. The highest BCUT2D eigenvalue weighted by molar-refractivity contribution is 6.07. The van der Waals surface area contributed by atoms with Crippen molar-refractivity contribution >= 4 is 11.9 Å². The fourth-order valence-corrected chi connectivity index (χ4v) is 5.60. The summed E-state index contributed by atoms with van der Waals surface area (Å²) in [7, 11) is 0. The molecule has 1 N–H and O–H groups in total. The lowest BCUT2D eigenvalue weighted by Crippen LogP contribution is -2.59. The van der Waals surface area contributed by atoms with Gasteiger partial charge in [0.1, 0.15) is 5.54 Å². The molecule has 5 nitrogen and oxygen atoms in total. The molecule has 0 unspecified atom stereocenters. The monoisotopic (exact) mass is 363 g/mol. The Hall–Kier alpha value is -1.10. The highest BCUT2D eigenvalue weighted by atomic mass is 16.2. The van der Waals surface area contributed by atoms with Crippen molar-refractivity contribution in [1.82, 2.24) is 15.1 Å². The molecular formula is C21H37N3O2. The summed E-state index contributed by atoms with van der Waals surface area (Å²) < 4.78 is 0. The first-order valence-corrected chi connectivity index (χ1v) is 11.0. The Balaban J connectivity index is 1.81. The van der Waals surface area contributed by atoms with Gasteiger partial charge in [-0.2, -0.15) is 0 Å². The quantitative estimate of drug-likeness (QED) is 0.700. The molecule has 2 saturated carbocycles. The highest BCUT2D eigenvalue weighted by Crippen LogP contribution is 2.46. The number of nitrogens with one attached hydrogen (secondary N) is 1. The summed E-state index contributed by atoms with van der Waals surface area (Å²) in [5.41, 5.74) is -0.610. The maximum Gasteiger partial charge on any atom is 0.325 e. The van der Waals surface area contributed by atoms with Crippen LogP contribution in [0.5, 0.6) is 0 Å². The summed E-state index contributed by atoms with van der Waals surface area (Å²) in [4.78, 5) is 30.3. The van der Waals surface area contributed by atoms with E-state index in [2.05, 4.69) is 24.1 Å². The summed E-state index contributed by atoms with van der Waals surface area (Å²) in [5.74, 6) is 0.747. The van der Waals surface area contributed by atoms with Crippen LogP contribution in [0.1, 0.15) is 78.1 Å². The largest absolute Gasteiger partial charge is 0.325 e. The van der Waals surface area contributed by atoms with Gasteiger partial charge in [0.15, 0.2) is 0 Å². The van der Waals surface area contributed by atoms with E-state index in [9.17, 15) is 9.59 Å². The second-order valence-electron chi connectivity index (χ2n) is 8.45. The summed E-state index contributed by atoms with van der Waals surface area (Å²) >= 11 is 0. The van der Waals surface area contributed by atoms with Gasteiger partial charge in [0.2, 0.25) is 0 Å². The lowest BCUT2D eigenvalue weighted by molar-refractivity contribution is -0.137. The number of urea groups is 1. The predicted molar refractivity (Wildman–Crippen MR) is 104 cm³/mol. The Labute approximate surface area is 158 Å². The topological polar surface area (TPSA) is 52.6 Å². The van der Waals surface area contributed by atoms with Crippen molar-refractivity contribution in [2.75, 3.05) is 26.2 Å². The van der Waals surface area contributed by atoms with Gasteiger partial charge in [0, 0.05) is 13.1 Å². The van der Waals surface area contributed by atoms with Gasteiger partial charge in [-0.1, -0.05) is 52.4 Å². The first kappa shape index (κ1) is 19.7. The van der Waals surface area contributed by atoms with Crippen molar-refractivity contribution in [1.29, 1.82) is 0 Å². The normalized spacial score (nSPS) is 25.1. The standard InChI is InChI=1S/C21H37N3O2/c1-3-23(4-2)15-16-24-19(25)21(22-20(24)26,17-11-7-5-8-12-17)18-13-9-6-10-14-18/h17-18H,3-16H2,1-2H3,(H,22,26). The average molecular weight is 364 g/mol. The highest BCUT2D eigenvalue weighted by Gasteiger charge is 2.59. The van der Waals surface area contributed by atoms with Gasteiger partial charge in [0.25, 0.3) is 5.91 Å². The number of hydrogen-bond donors (Lipinski definition) is 1. The molecule has 0 aromatic heterocycles. The van der Waals surface area contributed by atoms with Crippen molar-refractivity contribution in [2.45, 2.75) is 83.6 Å². The molecule has 0 aromatic carbocycles. The Morgan fingerprint density at radius 3 is 1.88 bits per heavy atom. The number of likely N-dealkylation sites (N-methyl/N-ethyl adjacent to an activating group) is 1. The lowest BCUT2D eigenvalue weighted by atomic mass is 9.64. The van der Waals surface area contributed by atoms with E-state index >= 15 is 0 Å². The van der Waals surface area contributed by atoms with Crippen LogP contribution in [0.15, 0.2) is 0 Å². The minimum absolute atomic E-state index is 0.0912. The van der Waals surface area contributed by atoms with Crippen LogP contribution < -0.4 is 5.32 Å². The number of imide groups is 1. The van der Waals surface area contributed by atoms with Gasteiger partial charge in [-0.05, 0) is 50.6 Å². The fraction of sp³-hybridized carbons (Fsp3) is 0.905. The van der Waals surface area contributed by atoms with E-state index in [1.54, 1.807) is 4.90 Å². The molecular weight excluding hydrogens is 326 g/mol. The second-order valence-corrected chi connectivity index (χ2v) is 8.45. The number of nitrogens with zero attached hydrogens (tertiary/aromatic N) is 2. The molecule has 3 amide bonds. The van der Waals surface area contributed by atoms with Crippen LogP contribution in [0.3, 0.4) is 0 Å². The summed E-state index contributed by atoms with van der Waals surface area (Å²) in [6.45, 7) is 7.46. The van der Waals surface area contributed by atoms with Gasteiger partial charge in [0.05, 0.1) is 0 Å². The van der Waals surface area contributed by atoms with Gasteiger partial charge < -0.3 is 10.2 Å². The third-order valence-corrected chi connectivity index (χ3v) is 7.19. The predicted octanol–water partition coefficient (Wildman–Crippen LogP) is 3.78. The van der Waals surface area contributed by atoms with Crippen molar-refractivity contribution in [3.63, 3.8) is 0 Å². The summed E-state index contributed by atoms with van der Waals surface area (Å²) in [6, 6.07) is -0.140. The molecule has 0 atom stereocenters.